The van der Waals surface area contributed by atoms with Crippen molar-refractivity contribution in [3.63, 3.8) is 0 Å². The normalized spacial score (nSPS) is 13.2. The second kappa shape index (κ2) is 3.15. The Hall–Kier alpha value is -1.82. The van der Waals surface area contributed by atoms with E-state index in [1.807, 2.05) is 12.1 Å². The summed E-state index contributed by atoms with van der Waals surface area (Å²) in [6, 6.07) is 7.09. The molecule has 5 heteroatoms. The van der Waals surface area contributed by atoms with Crippen LogP contribution in [0.3, 0.4) is 0 Å². The molecule has 14 heavy (non-hydrogen) atoms. The zero-order valence-corrected chi connectivity index (χ0v) is 7.19. The quantitative estimate of drug-likeness (QED) is 0.558. The predicted octanol–water partition coefficient (Wildman–Crippen LogP) is -0.352. The van der Waals surface area contributed by atoms with Gasteiger partial charge in [-0.25, -0.2) is 0 Å². The van der Waals surface area contributed by atoms with Crippen LogP contribution in [0.2, 0.25) is 0 Å². The van der Waals surface area contributed by atoms with Gasteiger partial charge in [-0.3, -0.25) is 0 Å². The van der Waals surface area contributed by atoms with Crippen LogP contribution in [-0.2, 0) is 11.3 Å². The van der Waals surface area contributed by atoms with E-state index in [1.165, 1.54) is 0 Å². The minimum Gasteiger partial charge on any atom is -0.423 e. The van der Waals surface area contributed by atoms with Crippen LogP contribution in [0, 0.1) is 22.7 Å². The largest absolute Gasteiger partial charge is 0.493 e. The molecule has 0 atom stereocenters. The summed E-state index contributed by atoms with van der Waals surface area (Å²) in [4.78, 5) is 0. The average molecular weight is 184 g/mol. The molecule has 0 spiro atoms. The molecule has 4 nitrogen and oxygen atoms in total. The van der Waals surface area contributed by atoms with E-state index in [2.05, 4.69) is 0 Å². The monoisotopic (exact) mass is 184 g/mol. The van der Waals surface area contributed by atoms with Crippen molar-refractivity contribution in [2.75, 3.05) is 0 Å². The molecule has 0 bridgehead atoms. The molecule has 66 valence electrons. The summed E-state index contributed by atoms with van der Waals surface area (Å²) in [5, 5.41) is 27.0. The highest BCUT2D eigenvalue weighted by molar-refractivity contribution is 6.62. The maximum Gasteiger partial charge on any atom is 0.493 e. The third-order valence-corrected chi connectivity index (χ3v) is 2.21. The van der Waals surface area contributed by atoms with Gasteiger partial charge in [0.15, 0.2) is 0 Å². The number of benzene rings is 1. The van der Waals surface area contributed by atoms with Crippen molar-refractivity contribution in [3.8, 4) is 12.1 Å². The zero-order chi connectivity index (χ0) is 10.1. The van der Waals surface area contributed by atoms with Gasteiger partial charge in [-0.2, -0.15) is 10.5 Å². The van der Waals surface area contributed by atoms with Gasteiger partial charge in [-0.1, -0.05) is 6.07 Å². The van der Waals surface area contributed by atoms with Gasteiger partial charge < -0.3 is 9.68 Å². The zero-order valence-electron chi connectivity index (χ0n) is 7.19. The lowest BCUT2D eigenvalue weighted by atomic mass is 9.75. The maximum absolute atomic E-state index is 9.43. The number of nitrogens with zero attached hydrogens (tertiary/aromatic N) is 2. The Morgan fingerprint density at radius 1 is 1.36 bits per heavy atom. The predicted molar refractivity (Wildman–Crippen MR) is 48.3 cm³/mol. The molecule has 2 rings (SSSR count). The fourth-order valence-electron chi connectivity index (χ4n) is 1.54. The lowest BCUT2D eigenvalue weighted by molar-refractivity contribution is 0.275. The fraction of sp³-hybridized carbons (Fsp3) is 0.111. The summed E-state index contributed by atoms with van der Waals surface area (Å²) in [5.74, 6) is 0. The molecule has 1 N–H and O–H groups in total. The SMILES string of the molecule is N#Cc1ccc2c(c1C#N)B(O)OC2. The molecule has 0 aromatic heterocycles. The average Bonchev–Trinajstić information content (AvgIpc) is 2.59. The summed E-state index contributed by atoms with van der Waals surface area (Å²) in [7, 11) is -1.08. The van der Waals surface area contributed by atoms with E-state index in [0.29, 0.717) is 5.46 Å². The Kier molecular flexibility index (Phi) is 1.97. The topological polar surface area (TPSA) is 77.0 Å². The molecule has 0 radical (unpaired) electrons. The second-order valence-corrected chi connectivity index (χ2v) is 2.95. The summed E-state index contributed by atoms with van der Waals surface area (Å²) in [6.45, 7) is 0.289. The lowest BCUT2D eigenvalue weighted by Gasteiger charge is -2.02. The van der Waals surface area contributed by atoms with Crippen LogP contribution in [0.4, 0.5) is 0 Å². The van der Waals surface area contributed by atoms with Crippen LogP contribution < -0.4 is 5.46 Å². The van der Waals surface area contributed by atoms with Gasteiger partial charge in [-0.15, -0.1) is 0 Å². The Bertz CT molecular complexity index is 473. The first-order valence-electron chi connectivity index (χ1n) is 4.03. The Morgan fingerprint density at radius 3 is 2.79 bits per heavy atom. The Balaban J connectivity index is 2.72. The van der Waals surface area contributed by atoms with E-state index >= 15 is 0 Å². The minimum atomic E-state index is -1.08. The number of hydrogen-bond acceptors (Lipinski definition) is 4. The van der Waals surface area contributed by atoms with E-state index in [1.54, 1.807) is 12.1 Å². The molecule has 0 saturated heterocycles. The van der Waals surface area contributed by atoms with Crippen LogP contribution in [0.1, 0.15) is 16.7 Å². The molecule has 1 aromatic rings. The lowest BCUT2D eigenvalue weighted by Crippen LogP contribution is -2.31. The van der Waals surface area contributed by atoms with Crippen molar-refractivity contribution < 1.29 is 9.68 Å². The number of hydrogen-bond donors (Lipinski definition) is 1. The molecule has 0 saturated carbocycles. The first kappa shape index (κ1) is 8.77. The standard InChI is InChI=1S/C9H5BN2O2/c11-3-6-1-2-7-5-14-10(13)9(7)8(6)4-12/h1-2,13H,5H2. The molecular formula is C9H5BN2O2. The first-order chi connectivity index (χ1) is 6.77. The van der Waals surface area contributed by atoms with Gasteiger partial charge in [0.05, 0.1) is 17.7 Å². The molecule has 1 aromatic carbocycles. The van der Waals surface area contributed by atoms with Crippen molar-refractivity contribution >= 4 is 12.6 Å². The third kappa shape index (κ3) is 1.08. The van der Waals surface area contributed by atoms with E-state index in [9.17, 15) is 5.02 Å². The molecule has 0 aliphatic carbocycles. The number of nitriles is 2. The van der Waals surface area contributed by atoms with Crippen LogP contribution >= 0.6 is 0 Å². The van der Waals surface area contributed by atoms with Gasteiger partial charge >= 0.3 is 7.12 Å². The van der Waals surface area contributed by atoms with E-state index in [-0.39, 0.29) is 17.7 Å². The highest BCUT2D eigenvalue weighted by Gasteiger charge is 2.31. The van der Waals surface area contributed by atoms with Gasteiger partial charge in [0.25, 0.3) is 0 Å². The third-order valence-electron chi connectivity index (χ3n) is 2.21. The summed E-state index contributed by atoms with van der Waals surface area (Å²) in [5.41, 5.74) is 1.70. The molecule has 1 aliphatic heterocycles. The Morgan fingerprint density at radius 2 is 2.14 bits per heavy atom. The Labute approximate surface area is 81.1 Å². The molecular weight excluding hydrogens is 179 g/mol. The van der Waals surface area contributed by atoms with Crippen molar-refractivity contribution in [1.29, 1.82) is 10.5 Å². The van der Waals surface area contributed by atoms with Crippen molar-refractivity contribution in [2.45, 2.75) is 6.61 Å². The van der Waals surface area contributed by atoms with Crippen LogP contribution in [-0.4, -0.2) is 12.1 Å². The summed E-state index contributed by atoms with van der Waals surface area (Å²) in [6.07, 6.45) is 0. The van der Waals surface area contributed by atoms with Gasteiger partial charge in [0.1, 0.15) is 12.1 Å². The molecule has 0 unspecified atom stereocenters. The highest BCUT2D eigenvalue weighted by atomic mass is 16.5. The van der Waals surface area contributed by atoms with E-state index in [0.717, 1.165) is 5.56 Å². The van der Waals surface area contributed by atoms with Gasteiger partial charge in [0, 0.05) is 5.46 Å². The smallest absolute Gasteiger partial charge is 0.423 e. The van der Waals surface area contributed by atoms with Gasteiger partial charge in [-0.05, 0) is 11.6 Å². The molecule has 0 amide bonds. The van der Waals surface area contributed by atoms with Crippen molar-refractivity contribution in [3.05, 3.63) is 28.8 Å². The number of fused-ring (bicyclic) bond motifs is 1. The molecule has 0 fully saturated rings. The highest BCUT2D eigenvalue weighted by Crippen LogP contribution is 2.15. The minimum absolute atomic E-state index is 0.218. The van der Waals surface area contributed by atoms with Crippen LogP contribution in [0.25, 0.3) is 0 Å². The summed E-state index contributed by atoms with van der Waals surface area (Å²) >= 11 is 0. The van der Waals surface area contributed by atoms with E-state index in [4.69, 9.17) is 15.2 Å². The van der Waals surface area contributed by atoms with Crippen molar-refractivity contribution in [2.24, 2.45) is 0 Å². The fourth-order valence-corrected chi connectivity index (χ4v) is 1.54. The summed E-state index contributed by atoms with van der Waals surface area (Å²) < 4.78 is 4.96. The van der Waals surface area contributed by atoms with Gasteiger partial charge in [0.2, 0.25) is 0 Å². The second-order valence-electron chi connectivity index (χ2n) is 2.95. The van der Waals surface area contributed by atoms with Crippen molar-refractivity contribution in [1.82, 2.24) is 0 Å². The van der Waals surface area contributed by atoms with Crippen LogP contribution in [0.5, 0.6) is 0 Å². The van der Waals surface area contributed by atoms with Crippen LogP contribution in [0.15, 0.2) is 12.1 Å². The maximum atomic E-state index is 9.43. The van der Waals surface area contributed by atoms with E-state index < -0.39 is 7.12 Å². The molecule has 1 heterocycles. The number of rotatable bonds is 0. The first-order valence-corrected chi connectivity index (χ1v) is 4.03. The molecule has 1 aliphatic rings.